The summed E-state index contributed by atoms with van der Waals surface area (Å²) < 4.78 is 1.59. The van der Waals surface area contributed by atoms with Crippen LogP contribution in [0, 0.1) is 6.92 Å². The fourth-order valence-corrected chi connectivity index (χ4v) is 2.91. The Kier molecular flexibility index (Phi) is 3.29. The number of hydrogen-bond acceptors (Lipinski definition) is 7. The van der Waals surface area contributed by atoms with Crippen LogP contribution in [0.1, 0.15) is 16.3 Å². The van der Waals surface area contributed by atoms with Crippen LogP contribution in [0.4, 0.5) is 0 Å². The number of thiazole rings is 1. The van der Waals surface area contributed by atoms with Gasteiger partial charge in [-0.3, -0.25) is 9.59 Å². The first-order valence-electron chi connectivity index (χ1n) is 6.13. The molecular weight excluding hydrogens is 308 g/mol. The number of carbonyl (C=O) groups excluding carboxylic acids is 1. The number of aryl methyl sites for hydroxylation is 1. The number of aromatic nitrogens is 5. The number of fused-ring (bicyclic) bond motifs is 1. The van der Waals surface area contributed by atoms with Gasteiger partial charge in [0.05, 0.1) is 0 Å². The average Bonchev–Trinajstić information content (AvgIpc) is 2.99. The van der Waals surface area contributed by atoms with Crippen LogP contribution in [0.2, 0.25) is 0 Å². The summed E-state index contributed by atoms with van der Waals surface area (Å²) in [6, 6.07) is 0. The standard InChI is InChI=1S/C12H10N6O3S/c1-5-14-2-6(3-15-5)12-16-11-9(22-12)8(10(13)21)17-18(11)4-7(19)20/h2-3H,4H2,1H3,(H2,13,21)(H,19,20). The topological polar surface area (TPSA) is 137 Å². The summed E-state index contributed by atoms with van der Waals surface area (Å²) in [4.78, 5) is 34.9. The van der Waals surface area contributed by atoms with Gasteiger partial charge in [0.1, 0.15) is 22.1 Å². The second-order valence-electron chi connectivity index (χ2n) is 4.45. The quantitative estimate of drug-likeness (QED) is 0.712. The van der Waals surface area contributed by atoms with Gasteiger partial charge >= 0.3 is 5.97 Å². The molecule has 0 aromatic carbocycles. The van der Waals surface area contributed by atoms with Gasteiger partial charge in [0.2, 0.25) is 0 Å². The number of hydrogen-bond donors (Lipinski definition) is 2. The van der Waals surface area contributed by atoms with E-state index in [4.69, 9.17) is 10.8 Å². The first-order valence-corrected chi connectivity index (χ1v) is 6.95. The van der Waals surface area contributed by atoms with Gasteiger partial charge in [-0.2, -0.15) is 5.10 Å². The van der Waals surface area contributed by atoms with Gasteiger partial charge in [-0.15, -0.1) is 11.3 Å². The Hall–Kier alpha value is -2.88. The third kappa shape index (κ3) is 2.39. The number of carboxylic acids is 1. The van der Waals surface area contributed by atoms with Gasteiger partial charge in [-0.25, -0.2) is 19.6 Å². The van der Waals surface area contributed by atoms with E-state index in [0.717, 1.165) is 4.68 Å². The van der Waals surface area contributed by atoms with E-state index in [1.807, 2.05) is 0 Å². The maximum atomic E-state index is 11.5. The molecule has 3 aromatic heterocycles. The average molecular weight is 318 g/mol. The van der Waals surface area contributed by atoms with Gasteiger partial charge < -0.3 is 10.8 Å². The van der Waals surface area contributed by atoms with Crippen LogP contribution < -0.4 is 5.73 Å². The number of carbonyl (C=O) groups is 2. The van der Waals surface area contributed by atoms with Crippen molar-refractivity contribution in [3.63, 3.8) is 0 Å². The van der Waals surface area contributed by atoms with E-state index in [2.05, 4.69) is 20.1 Å². The van der Waals surface area contributed by atoms with E-state index in [0.29, 0.717) is 26.7 Å². The summed E-state index contributed by atoms with van der Waals surface area (Å²) in [6.07, 6.45) is 3.22. The van der Waals surface area contributed by atoms with E-state index < -0.39 is 18.4 Å². The van der Waals surface area contributed by atoms with Crippen molar-refractivity contribution in [1.82, 2.24) is 24.7 Å². The van der Waals surface area contributed by atoms with E-state index in [1.165, 1.54) is 11.3 Å². The monoisotopic (exact) mass is 318 g/mol. The molecule has 0 aliphatic rings. The highest BCUT2D eigenvalue weighted by atomic mass is 32.1. The third-order valence-corrected chi connectivity index (χ3v) is 3.94. The lowest BCUT2D eigenvalue weighted by Gasteiger charge is -1.97. The smallest absolute Gasteiger partial charge is 0.325 e. The summed E-state index contributed by atoms with van der Waals surface area (Å²) in [6.45, 7) is 1.36. The predicted molar refractivity (Wildman–Crippen MR) is 77.3 cm³/mol. The molecule has 0 bridgehead atoms. The highest BCUT2D eigenvalue weighted by Gasteiger charge is 2.21. The van der Waals surface area contributed by atoms with Crippen molar-refractivity contribution in [2.24, 2.45) is 5.73 Å². The molecule has 0 fully saturated rings. The summed E-state index contributed by atoms with van der Waals surface area (Å²) in [5, 5.41) is 13.4. The molecule has 3 aromatic rings. The van der Waals surface area contributed by atoms with Gasteiger partial charge in [0.25, 0.3) is 5.91 Å². The molecule has 0 saturated carbocycles. The van der Waals surface area contributed by atoms with Crippen molar-refractivity contribution in [3.8, 4) is 10.6 Å². The Balaban J connectivity index is 2.17. The van der Waals surface area contributed by atoms with Gasteiger partial charge in [0, 0.05) is 18.0 Å². The molecule has 0 spiro atoms. The van der Waals surface area contributed by atoms with E-state index >= 15 is 0 Å². The maximum absolute atomic E-state index is 11.5. The molecule has 9 nitrogen and oxygen atoms in total. The van der Waals surface area contributed by atoms with Crippen molar-refractivity contribution >= 4 is 33.6 Å². The minimum absolute atomic E-state index is 0.00744. The molecular formula is C12H10N6O3S. The van der Waals surface area contributed by atoms with Crippen LogP contribution >= 0.6 is 11.3 Å². The van der Waals surface area contributed by atoms with Crippen LogP contribution in [0.15, 0.2) is 12.4 Å². The second kappa shape index (κ2) is 5.15. The van der Waals surface area contributed by atoms with E-state index in [1.54, 1.807) is 19.3 Å². The molecule has 112 valence electrons. The summed E-state index contributed by atoms with van der Waals surface area (Å²) in [5.41, 5.74) is 6.26. The summed E-state index contributed by atoms with van der Waals surface area (Å²) in [7, 11) is 0. The van der Waals surface area contributed by atoms with Gasteiger partial charge in [-0.05, 0) is 6.92 Å². The zero-order chi connectivity index (χ0) is 15.9. The fourth-order valence-electron chi connectivity index (χ4n) is 1.88. The van der Waals surface area contributed by atoms with Crippen molar-refractivity contribution in [2.75, 3.05) is 0 Å². The fraction of sp³-hybridized carbons (Fsp3) is 0.167. The highest BCUT2D eigenvalue weighted by molar-refractivity contribution is 7.22. The van der Waals surface area contributed by atoms with Crippen molar-refractivity contribution in [1.29, 1.82) is 0 Å². The van der Waals surface area contributed by atoms with Gasteiger partial charge in [-0.1, -0.05) is 0 Å². The molecule has 3 N–H and O–H groups in total. The molecule has 0 atom stereocenters. The number of rotatable bonds is 4. The lowest BCUT2D eigenvalue weighted by atomic mass is 10.3. The number of amides is 1. The lowest BCUT2D eigenvalue weighted by molar-refractivity contribution is -0.137. The highest BCUT2D eigenvalue weighted by Crippen LogP contribution is 2.31. The normalized spacial score (nSPS) is 11.0. The second-order valence-corrected chi connectivity index (χ2v) is 5.45. The molecule has 3 heterocycles. The Morgan fingerprint density at radius 3 is 2.64 bits per heavy atom. The first kappa shape index (κ1) is 14.1. The van der Waals surface area contributed by atoms with Crippen LogP contribution in [0.3, 0.4) is 0 Å². The Bertz CT molecular complexity index is 882. The molecule has 0 aliphatic heterocycles. The van der Waals surface area contributed by atoms with Gasteiger partial charge in [0.15, 0.2) is 11.3 Å². The molecule has 22 heavy (non-hydrogen) atoms. The number of nitrogens with two attached hydrogens (primary N) is 1. The molecule has 1 amide bonds. The first-order chi connectivity index (χ1) is 10.5. The molecule has 0 unspecified atom stereocenters. The number of carboxylic acid groups (broad SMARTS) is 1. The van der Waals surface area contributed by atoms with E-state index in [9.17, 15) is 9.59 Å². The number of primary amides is 1. The molecule has 0 saturated heterocycles. The minimum Gasteiger partial charge on any atom is -0.480 e. The number of nitrogens with zero attached hydrogens (tertiary/aromatic N) is 5. The zero-order valence-electron chi connectivity index (χ0n) is 11.3. The molecule has 0 radical (unpaired) electrons. The minimum atomic E-state index is -1.09. The summed E-state index contributed by atoms with van der Waals surface area (Å²) >= 11 is 1.19. The van der Waals surface area contributed by atoms with Crippen LogP contribution in [-0.4, -0.2) is 41.7 Å². The SMILES string of the molecule is Cc1ncc(-c2nc3c(s2)c(C(N)=O)nn3CC(=O)O)cn1. The van der Waals surface area contributed by atoms with Crippen LogP contribution in [0.5, 0.6) is 0 Å². The molecule has 3 rings (SSSR count). The van der Waals surface area contributed by atoms with Crippen molar-refractivity contribution in [3.05, 3.63) is 23.9 Å². The lowest BCUT2D eigenvalue weighted by Crippen LogP contribution is -2.15. The summed E-state index contributed by atoms with van der Waals surface area (Å²) in [5.74, 6) is -1.20. The van der Waals surface area contributed by atoms with Crippen LogP contribution in [0.25, 0.3) is 20.9 Å². The molecule has 10 heteroatoms. The third-order valence-electron chi connectivity index (χ3n) is 2.84. The van der Waals surface area contributed by atoms with E-state index in [-0.39, 0.29) is 5.69 Å². The molecule has 0 aliphatic carbocycles. The Morgan fingerprint density at radius 1 is 1.36 bits per heavy atom. The Labute approximate surface area is 127 Å². The Morgan fingerprint density at radius 2 is 2.05 bits per heavy atom. The zero-order valence-corrected chi connectivity index (χ0v) is 12.2. The maximum Gasteiger partial charge on any atom is 0.325 e. The number of aliphatic carboxylic acids is 1. The van der Waals surface area contributed by atoms with Crippen molar-refractivity contribution < 1.29 is 14.7 Å². The largest absolute Gasteiger partial charge is 0.480 e. The van der Waals surface area contributed by atoms with Crippen LogP contribution in [-0.2, 0) is 11.3 Å². The predicted octanol–water partition coefficient (Wildman–Crippen LogP) is 0.442. The van der Waals surface area contributed by atoms with Crippen molar-refractivity contribution in [2.45, 2.75) is 13.5 Å².